The molecule has 4 rings (SSSR count). The first-order chi connectivity index (χ1) is 22.9. The highest BCUT2D eigenvalue weighted by atomic mass is 16.6. The topological polar surface area (TPSA) is 158 Å². The Labute approximate surface area is 287 Å². The van der Waals surface area contributed by atoms with Crippen LogP contribution >= 0.6 is 0 Å². The van der Waals surface area contributed by atoms with Crippen molar-refractivity contribution >= 4 is 46.4 Å². The summed E-state index contributed by atoms with van der Waals surface area (Å²) in [6, 6.07) is 3.42. The Morgan fingerprint density at radius 1 is 1.02 bits per heavy atom. The van der Waals surface area contributed by atoms with Gasteiger partial charge in [-0.2, -0.15) is 10.00 Å². The van der Waals surface area contributed by atoms with Gasteiger partial charge in [0.2, 0.25) is 0 Å². The molecule has 2 atom stereocenters. The van der Waals surface area contributed by atoms with Crippen molar-refractivity contribution in [1.29, 1.82) is 0 Å². The lowest BCUT2D eigenvalue weighted by Gasteiger charge is -2.31. The van der Waals surface area contributed by atoms with E-state index in [-0.39, 0.29) is 40.9 Å². The molecule has 14 heteroatoms. The van der Waals surface area contributed by atoms with Crippen molar-refractivity contribution in [3.8, 4) is 0 Å². The van der Waals surface area contributed by atoms with Gasteiger partial charge in [-0.1, -0.05) is 19.9 Å². The van der Waals surface area contributed by atoms with E-state index in [0.717, 1.165) is 18.4 Å². The van der Waals surface area contributed by atoms with Crippen LogP contribution in [0.1, 0.15) is 99.1 Å². The molecule has 2 unspecified atom stereocenters. The summed E-state index contributed by atoms with van der Waals surface area (Å²) in [4.78, 5) is 65.7. The normalized spacial score (nSPS) is 15.9. The summed E-state index contributed by atoms with van der Waals surface area (Å²) in [6.45, 7) is 18.5. The SMILES string of the molecule is Cc1cccnc1CN(C(=O)C(=O)Nc1cnc(N(C(=O)OC(C)(C)C)C(=O)OC(C)(C)C)c2cn(C3CCCCO3)nc12)C(C)C(C)C. The number of nitrogens with zero attached hydrogens (tertiary/aromatic N) is 6. The predicted molar refractivity (Wildman–Crippen MR) is 184 cm³/mol. The zero-order chi connectivity index (χ0) is 36.3. The molecule has 1 aliphatic rings. The Hall–Kier alpha value is -4.59. The number of aryl methyl sites for hydroxylation is 1. The zero-order valence-electron chi connectivity index (χ0n) is 30.2. The maximum Gasteiger partial charge on any atom is 0.425 e. The van der Waals surface area contributed by atoms with E-state index in [1.807, 2.05) is 39.8 Å². The van der Waals surface area contributed by atoms with E-state index in [0.29, 0.717) is 23.6 Å². The second-order valence-electron chi connectivity index (χ2n) is 14.6. The molecule has 0 radical (unpaired) electrons. The number of imide groups is 1. The average molecular weight is 680 g/mol. The second-order valence-corrected chi connectivity index (χ2v) is 14.6. The number of aromatic nitrogens is 4. The Balaban J connectivity index is 1.79. The fourth-order valence-electron chi connectivity index (χ4n) is 5.13. The van der Waals surface area contributed by atoms with Crippen molar-refractivity contribution < 1.29 is 33.4 Å². The van der Waals surface area contributed by atoms with E-state index in [4.69, 9.17) is 19.3 Å². The minimum absolute atomic E-state index is 0.0475. The molecule has 0 aromatic carbocycles. The van der Waals surface area contributed by atoms with Gasteiger partial charge in [0.15, 0.2) is 5.82 Å². The first kappa shape index (κ1) is 37.2. The van der Waals surface area contributed by atoms with Crippen molar-refractivity contribution in [2.75, 3.05) is 16.8 Å². The summed E-state index contributed by atoms with van der Waals surface area (Å²) in [5.41, 5.74) is -0.0315. The van der Waals surface area contributed by atoms with Crippen molar-refractivity contribution in [1.82, 2.24) is 24.6 Å². The van der Waals surface area contributed by atoms with E-state index >= 15 is 0 Å². The van der Waals surface area contributed by atoms with Crippen LogP contribution < -0.4 is 10.2 Å². The number of ether oxygens (including phenoxy) is 3. The molecule has 266 valence electrons. The van der Waals surface area contributed by atoms with Gasteiger partial charge in [-0.15, -0.1) is 0 Å². The highest BCUT2D eigenvalue weighted by molar-refractivity contribution is 6.40. The van der Waals surface area contributed by atoms with Gasteiger partial charge in [0.05, 0.1) is 29.5 Å². The second kappa shape index (κ2) is 14.9. The lowest BCUT2D eigenvalue weighted by Crippen LogP contribution is -2.46. The van der Waals surface area contributed by atoms with Gasteiger partial charge < -0.3 is 24.4 Å². The minimum atomic E-state index is -1.01. The largest absolute Gasteiger partial charge is 0.443 e. The quantitative estimate of drug-likeness (QED) is 0.273. The van der Waals surface area contributed by atoms with E-state index < -0.39 is 41.4 Å². The Morgan fingerprint density at radius 2 is 1.67 bits per heavy atom. The summed E-state index contributed by atoms with van der Waals surface area (Å²) in [5, 5.41) is 7.64. The highest BCUT2D eigenvalue weighted by Crippen LogP contribution is 2.34. The molecule has 1 saturated heterocycles. The van der Waals surface area contributed by atoms with Gasteiger partial charge in [0.1, 0.15) is 22.9 Å². The number of amides is 4. The van der Waals surface area contributed by atoms with E-state index in [1.54, 1.807) is 58.6 Å². The summed E-state index contributed by atoms with van der Waals surface area (Å²) >= 11 is 0. The van der Waals surface area contributed by atoms with Crippen molar-refractivity contribution in [3.05, 3.63) is 42.0 Å². The molecule has 1 N–H and O–H groups in total. The number of carbonyl (C=O) groups is 4. The van der Waals surface area contributed by atoms with E-state index in [9.17, 15) is 19.2 Å². The summed E-state index contributed by atoms with van der Waals surface area (Å²) in [6.07, 6.45) is 4.55. The monoisotopic (exact) mass is 679 g/mol. The molecule has 14 nitrogen and oxygen atoms in total. The van der Waals surface area contributed by atoms with Gasteiger partial charge in [-0.3, -0.25) is 14.6 Å². The maximum atomic E-state index is 13.8. The van der Waals surface area contributed by atoms with Crippen LogP contribution in [-0.2, 0) is 30.3 Å². The standard InChI is InChI=1S/C35H49N7O7/c1-21(2)23(4)40(20-26-22(3)14-13-16-36-26)31(44)30(43)38-25-18-37-29(24-19-41(39-28(24)25)27-15-11-12-17-47-27)42(32(45)48-34(5,6)7)33(46)49-35(8,9)10/h13-14,16,18-19,21,23,27H,11-12,15,17,20H2,1-10H3,(H,38,43). The molecule has 0 spiro atoms. The summed E-state index contributed by atoms with van der Waals surface area (Å²) < 4.78 is 18.7. The third-order valence-corrected chi connectivity index (χ3v) is 7.96. The fraction of sp³-hybridized carbons (Fsp3) is 0.571. The number of rotatable bonds is 7. The van der Waals surface area contributed by atoms with Gasteiger partial charge in [-0.25, -0.2) is 19.3 Å². The van der Waals surface area contributed by atoms with Crippen LogP contribution in [0.4, 0.5) is 21.1 Å². The fourth-order valence-corrected chi connectivity index (χ4v) is 5.13. The number of nitrogens with one attached hydrogen (secondary N) is 1. The molecule has 4 heterocycles. The van der Waals surface area contributed by atoms with E-state index in [1.165, 1.54) is 11.1 Å². The molecule has 4 amide bonds. The van der Waals surface area contributed by atoms with Gasteiger partial charge >= 0.3 is 24.0 Å². The molecule has 1 aliphatic heterocycles. The molecule has 3 aromatic rings. The highest BCUT2D eigenvalue weighted by Gasteiger charge is 2.36. The molecule has 0 saturated carbocycles. The predicted octanol–water partition coefficient (Wildman–Crippen LogP) is 6.52. The minimum Gasteiger partial charge on any atom is -0.443 e. The third kappa shape index (κ3) is 9.31. The van der Waals surface area contributed by atoms with Crippen LogP contribution in [0.25, 0.3) is 10.9 Å². The van der Waals surface area contributed by atoms with Gasteiger partial charge in [0.25, 0.3) is 0 Å². The molecule has 0 aliphatic carbocycles. The molecular weight excluding hydrogens is 630 g/mol. The number of anilines is 2. The number of carbonyl (C=O) groups excluding carboxylic acids is 4. The van der Waals surface area contributed by atoms with Gasteiger partial charge in [-0.05, 0) is 92.2 Å². The molecule has 49 heavy (non-hydrogen) atoms. The van der Waals surface area contributed by atoms with Crippen LogP contribution in [0.3, 0.4) is 0 Å². The van der Waals surface area contributed by atoms with Crippen LogP contribution in [0.2, 0.25) is 0 Å². The Kier molecular flexibility index (Phi) is 11.3. The van der Waals surface area contributed by atoms with Crippen molar-refractivity contribution in [2.45, 2.75) is 119 Å². The van der Waals surface area contributed by atoms with Crippen molar-refractivity contribution in [2.24, 2.45) is 5.92 Å². The lowest BCUT2D eigenvalue weighted by atomic mass is 10.0. The number of hydrogen-bond donors (Lipinski definition) is 1. The lowest BCUT2D eigenvalue weighted by molar-refractivity contribution is -0.145. The van der Waals surface area contributed by atoms with Gasteiger partial charge in [0, 0.05) is 25.0 Å². The Bertz CT molecular complexity index is 1660. The smallest absolute Gasteiger partial charge is 0.425 e. The van der Waals surface area contributed by atoms with Crippen LogP contribution in [-0.4, -0.2) is 72.5 Å². The number of hydrogen-bond acceptors (Lipinski definition) is 10. The first-order valence-electron chi connectivity index (χ1n) is 16.6. The molecule has 1 fully saturated rings. The molecule has 0 bridgehead atoms. The first-order valence-corrected chi connectivity index (χ1v) is 16.6. The average Bonchev–Trinajstić information content (AvgIpc) is 3.46. The van der Waals surface area contributed by atoms with Crippen LogP contribution in [0, 0.1) is 12.8 Å². The maximum absolute atomic E-state index is 13.8. The number of pyridine rings is 2. The summed E-state index contributed by atoms with van der Waals surface area (Å²) in [5.74, 6) is -1.74. The van der Waals surface area contributed by atoms with Crippen LogP contribution in [0.5, 0.6) is 0 Å². The molecular formula is C35H49N7O7. The Morgan fingerprint density at radius 3 is 2.22 bits per heavy atom. The number of fused-ring (bicyclic) bond motifs is 1. The molecule has 3 aromatic heterocycles. The zero-order valence-corrected chi connectivity index (χ0v) is 30.2. The van der Waals surface area contributed by atoms with E-state index in [2.05, 4.69) is 15.3 Å². The van der Waals surface area contributed by atoms with Crippen molar-refractivity contribution in [3.63, 3.8) is 0 Å². The third-order valence-electron chi connectivity index (χ3n) is 7.96. The van der Waals surface area contributed by atoms with Crippen LogP contribution in [0.15, 0.2) is 30.7 Å². The summed E-state index contributed by atoms with van der Waals surface area (Å²) in [7, 11) is 0.